The molecule has 1 N–H and O–H groups in total. The van der Waals surface area contributed by atoms with Crippen molar-refractivity contribution < 1.29 is 28.2 Å². The second-order valence-electron chi connectivity index (χ2n) is 10.00. The number of amides is 3. The van der Waals surface area contributed by atoms with Gasteiger partial charge in [-0.1, -0.05) is 17.7 Å². The third-order valence-corrected chi connectivity index (χ3v) is 7.50. The number of benzene rings is 2. The highest BCUT2D eigenvalue weighted by Crippen LogP contribution is 2.39. The van der Waals surface area contributed by atoms with Crippen molar-refractivity contribution in [2.75, 3.05) is 32.8 Å². The average molecular weight is 510 g/mol. The molecule has 3 fully saturated rings. The molecule has 0 aromatic heterocycles. The molecule has 0 saturated carbocycles. The Morgan fingerprint density at radius 1 is 1.05 bits per heavy atom. The summed E-state index contributed by atoms with van der Waals surface area (Å²) in [5.41, 5.74) is 0.848. The van der Waals surface area contributed by atoms with Gasteiger partial charge in [-0.25, -0.2) is 4.39 Å². The van der Waals surface area contributed by atoms with E-state index >= 15 is 0 Å². The van der Waals surface area contributed by atoms with Gasteiger partial charge in [0.1, 0.15) is 17.6 Å². The quantitative estimate of drug-likeness (QED) is 0.670. The minimum absolute atomic E-state index is 0.0122. The fourth-order valence-electron chi connectivity index (χ4n) is 5.46. The van der Waals surface area contributed by atoms with Crippen molar-refractivity contribution in [3.05, 3.63) is 71.0 Å². The number of nitrogens with zero attached hydrogens (tertiary/aromatic N) is 2. The monoisotopic (exact) mass is 509 g/mol. The fourth-order valence-corrected chi connectivity index (χ4v) is 5.46. The smallest absolute Gasteiger partial charge is 0.256 e. The molecule has 9 heteroatoms. The van der Waals surface area contributed by atoms with Gasteiger partial charge in [-0.3, -0.25) is 19.3 Å². The van der Waals surface area contributed by atoms with E-state index in [0.717, 1.165) is 18.4 Å². The van der Waals surface area contributed by atoms with Crippen molar-refractivity contribution in [2.24, 2.45) is 0 Å². The van der Waals surface area contributed by atoms with Crippen LogP contribution in [0.4, 0.5) is 4.39 Å². The summed E-state index contributed by atoms with van der Waals surface area (Å²) in [5, 5.41) is 2.96. The van der Waals surface area contributed by atoms with Crippen molar-refractivity contribution in [2.45, 2.75) is 50.5 Å². The molecule has 0 radical (unpaired) electrons. The molecule has 3 aliphatic rings. The summed E-state index contributed by atoms with van der Waals surface area (Å²) in [7, 11) is 0. The largest absolute Gasteiger partial charge is 0.376 e. The lowest BCUT2D eigenvalue weighted by molar-refractivity contribution is -0.128. The third-order valence-electron chi connectivity index (χ3n) is 7.50. The van der Waals surface area contributed by atoms with Gasteiger partial charge in [0.25, 0.3) is 11.8 Å². The number of rotatable bonds is 5. The number of likely N-dealkylation sites (tertiary alicyclic amines) is 1. The summed E-state index contributed by atoms with van der Waals surface area (Å²) in [4.78, 5) is 43.4. The van der Waals surface area contributed by atoms with E-state index in [1.54, 1.807) is 15.9 Å². The zero-order valence-electron chi connectivity index (χ0n) is 21.0. The Labute approximate surface area is 215 Å². The molecule has 5 rings (SSSR count). The lowest BCUT2D eigenvalue weighted by Crippen LogP contribution is -2.60. The van der Waals surface area contributed by atoms with Crippen LogP contribution in [0.2, 0.25) is 0 Å². The van der Waals surface area contributed by atoms with E-state index in [2.05, 4.69) is 5.32 Å². The summed E-state index contributed by atoms with van der Waals surface area (Å²) >= 11 is 0. The minimum atomic E-state index is -0.994. The Bertz CT molecular complexity index is 1160. The van der Waals surface area contributed by atoms with Gasteiger partial charge in [0.2, 0.25) is 5.91 Å². The van der Waals surface area contributed by atoms with Crippen LogP contribution in [-0.2, 0) is 14.3 Å². The number of aryl methyl sites for hydroxylation is 1. The van der Waals surface area contributed by atoms with Crippen molar-refractivity contribution in [3.8, 4) is 0 Å². The number of carbonyl (C=O) groups is 3. The summed E-state index contributed by atoms with van der Waals surface area (Å²) < 4.78 is 25.2. The third kappa shape index (κ3) is 5.24. The van der Waals surface area contributed by atoms with Gasteiger partial charge in [-0.05, 0) is 56.2 Å². The van der Waals surface area contributed by atoms with E-state index in [4.69, 9.17) is 9.47 Å². The van der Waals surface area contributed by atoms with Crippen LogP contribution < -0.4 is 5.32 Å². The predicted molar refractivity (Wildman–Crippen MR) is 133 cm³/mol. The molecular formula is C28H32FN3O5. The number of halogens is 1. The number of hydrogen-bond donors (Lipinski definition) is 1. The zero-order valence-corrected chi connectivity index (χ0v) is 21.0. The van der Waals surface area contributed by atoms with E-state index in [1.165, 1.54) is 24.3 Å². The number of hydrogen-bond acceptors (Lipinski definition) is 5. The molecule has 8 nitrogen and oxygen atoms in total. The maximum absolute atomic E-state index is 13.8. The van der Waals surface area contributed by atoms with Crippen LogP contribution in [-0.4, -0.2) is 78.2 Å². The maximum atomic E-state index is 13.8. The molecule has 2 aromatic carbocycles. The molecule has 196 valence electrons. The van der Waals surface area contributed by atoms with Gasteiger partial charge in [0.05, 0.1) is 12.7 Å². The standard InChI is InChI=1S/C28H32FN3O5/c1-19-4-2-5-21(16-19)27(35)32-24(25(33)30-17-23-6-3-15-36-23)18-37-28(32)11-13-31(14-12-28)26(34)20-7-9-22(29)10-8-20/h2,4-5,7-10,16,23-24H,3,6,11-15,17-18H2,1H3,(H,30,33)/t23-,24-/m1/s1. The second kappa shape index (κ2) is 10.6. The fraction of sp³-hybridized carbons (Fsp3) is 0.464. The minimum Gasteiger partial charge on any atom is -0.376 e. The number of piperidine rings is 1. The normalized spacial score (nSPS) is 22.9. The highest BCUT2D eigenvalue weighted by Gasteiger charge is 2.54. The Balaban J connectivity index is 1.34. The zero-order chi connectivity index (χ0) is 26.0. The van der Waals surface area contributed by atoms with Crippen LogP contribution in [0.5, 0.6) is 0 Å². The second-order valence-corrected chi connectivity index (χ2v) is 10.00. The molecule has 3 saturated heterocycles. The SMILES string of the molecule is Cc1cccc(C(=O)N2[C@@H](C(=O)NC[C@H]3CCCO3)COC23CCN(C(=O)c2ccc(F)cc2)CC3)c1. The van der Waals surface area contributed by atoms with Crippen LogP contribution in [0.1, 0.15) is 52.0 Å². The van der Waals surface area contributed by atoms with Crippen molar-refractivity contribution in [1.82, 2.24) is 15.1 Å². The molecule has 2 atom stereocenters. The first-order chi connectivity index (χ1) is 17.9. The van der Waals surface area contributed by atoms with Crippen LogP contribution in [0.15, 0.2) is 48.5 Å². The van der Waals surface area contributed by atoms with Gasteiger partial charge in [0, 0.05) is 50.2 Å². The average Bonchev–Trinajstić information content (AvgIpc) is 3.56. The van der Waals surface area contributed by atoms with Crippen molar-refractivity contribution in [1.29, 1.82) is 0 Å². The molecule has 3 amide bonds. The summed E-state index contributed by atoms with van der Waals surface area (Å²) in [6.07, 6.45) is 2.60. The highest BCUT2D eigenvalue weighted by molar-refractivity contribution is 5.99. The summed E-state index contributed by atoms with van der Waals surface area (Å²) in [6, 6.07) is 12.0. The Morgan fingerprint density at radius 2 is 1.81 bits per heavy atom. The first-order valence-corrected chi connectivity index (χ1v) is 12.8. The molecule has 37 heavy (non-hydrogen) atoms. The number of carbonyl (C=O) groups excluding carboxylic acids is 3. The lowest BCUT2D eigenvalue weighted by Gasteiger charge is -2.44. The molecule has 0 aliphatic carbocycles. The predicted octanol–water partition coefficient (Wildman–Crippen LogP) is 2.90. The van der Waals surface area contributed by atoms with E-state index in [-0.39, 0.29) is 30.4 Å². The Hall–Kier alpha value is -3.30. The van der Waals surface area contributed by atoms with Crippen molar-refractivity contribution >= 4 is 17.7 Å². The Morgan fingerprint density at radius 3 is 2.49 bits per heavy atom. The molecule has 0 bridgehead atoms. The highest BCUT2D eigenvalue weighted by atomic mass is 19.1. The first-order valence-electron chi connectivity index (χ1n) is 12.8. The van der Waals surface area contributed by atoms with Gasteiger partial charge in [-0.2, -0.15) is 0 Å². The molecule has 1 spiro atoms. The lowest BCUT2D eigenvalue weighted by atomic mass is 9.95. The molecule has 3 aliphatic heterocycles. The van der Waals surface area contributed by atoms with Crippen molar-refractivity contribution in [3.63, 3.8) is 0 Å². The van der Waals surface area contributed by atoms with Crippen LogP contribution in [0.3, 0.4) is 0 Å². The topological polar surface area (TPSA) is 88.2 Å². The summed E-state index contributed by atoms with van der Waals surface area (Å²) in [5.74, 6) is -1.13. The van der Waals surface area contributed by atoms with Gasteiger partial charge in [-0.15, -0.1) is 0 Å². The van der Waals surface area contributed by atoms with Gasteiger partial charge >= 0.3 is 0 Å². The molecule has 0 unspecified atom stereocenters. The Kier molecular flexibility index (Phi) is 7.26. The first kappa shape index (κ1) is 25.4. The molecule has 3 heterocycles. The number of ether oxygens (including phenoxy) is 2. The number of nitrogens with one attached hydrogen (secondary N) is 1. The molecule has 2 aromatic rings. The van der Waals surface area contributed by atoms with Crippen LogP contribution >= 0.6 is 0 Å². The van der Waals surface area contributed by atoms with E-state index < -0.39 is 17.6 Å². The van der Waals surface area contributed by atoms with Crippen LogP contribution in [0.25, 0.3) is 0 Å². The summed E-state index contributed by atoms with van der Waals surface area (Å²) in [6.45, 7) is 3.78. The van der Waals surface area contributed by atoms with Gasteiger partial charge in [0.15, 0.2) is 0 Å². The van der Waals surface area contributed by atoms with Gasteiger partial charge < -0.3 is 19.7 Å². The van der Waals surface area contributed by atoms with E-state index in [9.17, 15) is 18.8 Å². The molecular weight excluding hydrogens is 477 g/mol. The maximum Gasteiger partial charge on any atom is 0.256 e. The van der Waals surface area contributed by atoms with E-state index in [1.807, 2.05) is 25.1 Å². The van der Waals surface area contributed by atoms with E-state index in [0.29, 0.717) is 50.2 Å². The van der Waals surface area contributed by atoms with Crippen LogP contribution in [0, 0.1) is 12.7 Å².